The molecule has 0 unspecified atom stereocenters. The topological polar surface area (TPSA) is 72.2 Å². The third-order valence-corrected chi connectivity index (χ3v) is 5.50. The lowest BCUT2D eigenvalue weighted by Gasteiger charge is -2.27. The first-order valence-corrected chi connectivity index (χ1v) is 10.5. The summed E-state index contributed by atoms with van der Waals surface area (Å²) in [5.41, 5.74) is 10.1. The van der Waals surface area contributed by atoms with Crippen LogP contribution in [0.2, 0.25) is 0 Å². The molecule has 4 aromatic rings. The molecule has 0 saturated heterocycles. The molecule has 1 atom stereocenters. The van der Waals surface area contributed by atoms with Gasteiger partial charge in [-0.25, -0.2) is 0 Å². The van der Waals surface area contributed by atoms with Crippen molar-refractivity contribution in [1.29, 1.82) is 0 Å². The predicted octanol–water partition coefficient (Wildman–Crippen LogP) is 4.77. The summed E-state index contributed by atoms with van der Waals surface area (Å²) >= 11 is 0. The smallest absolute Gasteiger partial charge is 0.251 e. The minimum Gasteiger partial charge on any atom is -0.368 e. The Morgan fingerprint density at radius 2 is 1.03 bits per heavy atom. The molecule has 0 spiro atoms. The second-order valence-corrected chi connectivity index (χ2v) is 7.60. The number of primary amides is 1. The summed E-state index contributed by atoms with van der Waals surface area (Å²) < 4.78 is 0. The number of rotatable bonds is 7. The Morgan fingerprint density at radius 1 is 0.594 bits per heavy atom. The third kappa shape index (κ3) is 4.76. The van der Waals surface area contributed by atoms with E-state index in [2.05, 4.69) is 5.32 Å². The van der Waals surface area contributed by atoms with E-state index in [0.29, 0.717) is 5.56 Å². The molecule has 0 radical (unpaired) electrons. The Kier molecular flexibility index (Phi) is 6.42. The van der Waals surface area contributed by atoms with Gasteiger partial charge in [-0.15, -0.1) is 0 Å². The summed E-state index contributed by atoms with van der Waals surface area (Å²) in [6, 6.07) is 35.6. The standard InChI is InChI=1S/C28H24N2O2/c29-27(31)26(25(22-12-6-2-7-13-22)23-14-8-3-9-15-23)30-28(32)24-18-16-21(17-19-24)20-10-4-1-5-11-20/h1-19,25-26H,(H2,29,31)(H,30,32)/t26-/m1/s1. The van der Waals surface area contributed by atoms with Gasteiger partial charge in [-0.3, -0.25) is 9.59 Å². The van der Waals surface area contributed by atoms with E-state index in [1.54, 1.807) is 12.1 Å². The van der Waals surface area contributed by atoms with Crippen LogP contribution in [0, 0.1) is 0 Å². The monoisotopic (exact) mass is 420 g/mol. The molecule has 0 aliphatic heterocycles. The van der Waals surface area contributed by atoms with Gasteiger partial charge in [-0.1, -0.05) is 103 Å². The average Bonchev–Trinajstić information content (AvgIpc) is 2.85. The SMILES string of the molecule is NC(=O)[C@H](NC(=O)c1ccc(-c2ccccc2)cc1)C(c1ccccc1)c1ccccc1. The van der Waals surface area contributed by atoms with Crippen LogP contribution in [0.25, 0.3) is 11.1 Å². The van der Waals surface area contributed by atoms with Gasteiger partial charge >= 0.3 is 0 Å². The van der Waals surface area contributed by atoms with Crippen molar-refractivity contribution in [2.45, 2.75) is 12.0 Å². The Morgan fingerprint density at radius 3 is 1.50 bits per heavy atom. The third-order valence-electron chi connectivity index (χ3n) is 5.50. The van der Waals surface area contributed by atoms with Crippen molar-refractivity contribution in [3.8, 4) is 11.1 Å². The van der Waals surface area contributed by atoms with Crippen molar-refractivity contribution in [2.75, 3.05) is 0 Å². The zero-order valence-electron chi connectivity index (χ0n) is 17.5. The van der Waals surface area contributed by atoms with Crippen molar-refractivity contribution >= 4 is 11.8 Å². The number of hydrogen-bond donors (Lipinski definition) is 2. The van der Waals surface area contributed by atoms with E-state index in [0.717, 1.165) is 22.3 Å². The highest BCUT2D eigenvalue weighted by molar-refractivity contribution is 5.98. The van der Waals surface area contributed by atoms with Crippen LogP contribution in [-0.2, 0) is 4.79 Å². The fraction of sp³-hybridized carbons (Fsp3) is 0.0714. The van der Waals surface area contributed by atoms with Crippen LogP contribution < -0.4 is 11.1 Å². The number of benzene rings is 4. The van der Waals surface area contributed by atoms with Crippen LogP contribution in [0.4, 0.5) is 0 Å². The summed E-state index contributed by atoms with van der Waals surface area (Å²) in [6.07, 6.45) is 0. The zero-order chi connectivity index (χ0) is 22.3. The molecule has 158 valence electrons. The van der Waals surface area contributed by atoms with E-state index >= 15 is 0 Å². The molecule has 2 amide bonds. The van der Waals surface area contributed by atoms with Gasteiger partial charge < -0.3 is 11.1 Å². The Bertz CT molecular complexity index is 1140. The Hall–Kier alpha value is -4.18. The van der Waals surface area contributed by atoms with Crippen LogP contribution in [0.15, 0.2) is 115 Å². The molecule has 0 bridgehead atoms. The van der Waals surface area contributed by atoms with Crippen molar-refractivity contribution in [3.05, 3.63) is 132 Å². The highest BCUT2D eigenvalue weighted by Crippen LogP contribution is 2.28. The molecule has 4 rings (SSSR count). The van der Waals surface area contributed by atoms with Crippen LogP contribution in [0.1, 0.15) is 27.4 Å². The van der Waals surface area contributed by atoms with Gasteiger partial charge in [0.1, 0.15) is 6.04 Å². The Labute approximate surface area is 187 Å². The molecule has 0 heterocycles. The van der Waals surface area contributed by atoms with Crippen molar-refractivity contribution < 1.29 is 9.59 Å². The van der Waals surface area contributed by atoms with Gasteiger partial charge in [0.2, 0.25) is 5.91 Å². The number of carbonyl (C=O) groups is 2. The maximum atomic E-state index is 13.1. The maximum absolute atomic E-state index is 13.1. The summed E-state index contributed by atoms with van der Waals surface area (Å²) in [4.78, 5) is 25.6. The second-order valence-electron chi connectivity index (χ2n) is 7.60. The molecule has 4 nitrogen and oxygen atoms in total. The summed E-state index contributed by atoms with van der Waals surface area (Å²) in [7, 11) is 0. The fourth-order valence-electron chi connectivity index (χ4n) is 3.89. The van der Waals surface area contributed by atoms with Crippen LogP contribution in [0.5, 0.6) is 0 Å². The van der Waals surface area contributed by atoms with Gasteiger partial charge in [-0.05, 0) is 34.4 Å². The highest BCUT2D eigenvalue weighted by atomic mass is 16.2. The van der Waals surface area contributed by atoms with E-state index in [1.165, 1.54) is 0 Å². The van der Waals surface area contributed by atoms with Crippen molar-refractivity contribution in [3.63, 3.8) is 0 Å². The van der Waals surface area contributed by atoms with E-state index in [1.807, 2.05) is 103 Å². The number of carbonyl (C=O) groups excluding carboxylic acids is 2. The lowest BCUT2D eigenvalue weighted by atomic mass is 9.84. The molecule has 4 aromatic carbocycles. The van der Waals surface area contributed by atoms with E-state index in [4.69, 9.17) is 5.73 Å². The summed E-state index contributed by atoms with van der Waals surface area (Å²) in [5, 5.41) is 2.88. The van der Waals surface area contributed by atoms with Gasteiger partial charge in [0.05, 0.1) is 0 Å². The van der Waals surface area contributed by atoms with Crippen LogP contribution in [-0.4, -0.2) is 17.9 Å². The lowest BCUT2D eigenvalue weighted by molar-refractivity contribution is -0.120. The van der Waals surface area contributed by atoms with Crippen LogP contribution in [0.3, 0.4) is 0 Å². The molecule has 32 heavy (non-hydrogen) atoms. The molecule has 0 fully saturated rings. The summed E-state index contributed by atoms with van der Waals surface area (Å²) in [5.74, 6) is -1.33. The minimum absolute atomic E-state index is 0.342. The molecule has 0 saturated carbocycles. The first kappa shape index (κ1) is 21.1. The number of amides is 2. The molecular weight excluding hydrogens is 396 g/mol. The average molecular weight is 421 g/mol. The van der Waals surface area contributed by atoms with Gasteiger partial charge in [0.25, 0.3) is 5.91 Å². The number of nitrogens with two attached hydrogens (primary N) is 1. The molecule has 4 heteroatoms. The Balaban J connectivity index is 1.62. The van der Waals surface area contributed by atoms with Gasteiger partial charge in [0.15, 0.2) is 0 Å². The predicted molar refractivity (Wildman–Crippen MR) is 127 cm³/mol. The zero-order valence-corrected chi connectivity index (χ0v) is 17.5. The van der Waals surface area contributed by atoms with Crippen molar-refractivity contribution in [1.82, 2.24) is 5.32 Å². The fourth-order valence-corrected chi connectivity index (χ4v) is 3.89. The first-order valence-electron chi connectivity index (χ1n) is 10.5. The molecule has 0 aliphatic rings. The molecule has 0 aliphatic carbocycles. The highest BCUT2D eigenvalue weighted by Gasteiger charge is 2.31. The number of hydrogen-bond acceptors (Lipinski definition) is 2. The van der Waals surface area contributed by atoms with E-state index in [9.17, 15) is 9.59 Å². The van der Waals surface area contributed by atoms with Crippen LogP contribution >= 0.6 is 0 Å². The maximum Gasteiger partial charge on any atom is 0.251 e. The largest absolute Gasteiger partial charge is 0.368 e. The second kappa shape index (κ2) is 9.75. The molecule has 0 aromatic heterocycles. The lowest BCUT2D eigenvalue weighted by Crippen LogP contribution is -2.48. The van der Waals surface area contributed by atoms with Crippen molar-refractivity contribution in [2.24, 2.45) is 5.73 Å². The van der Waals surface area contributed by atoms with E-state index < -0.39 is 17.9 Å². The van der Waals surface area contributed by atoms with E-state index in [-0.39, 0.29) is 5.91 Å². The molecule has 3 N–H and O–H groups in total. The number of nitrogens with one attached hydrogen (secondary N) is 1. The van der Waals surface area contributed by atoms with Gasteiger partial charge in [-0.2, -0.15) is 0 Å². The summed E-state index contributed by atoms with van der Waals surface area (Å²) in [6.45, 7) is 0. The normalized spacial score (nSPS) is 11.7. The molecular formula is C28H24N2O2. The quantitative estimate of drug-likeness (QED) is 0.452. The van der Waals surface area contributed by atoms with Gasteiger partial charge in [0, 0.05) is 11.5 Å². The first-order chi connectivity index (χ1) is 15.6. The minimum atomic E-state index is -0.902.